The quantitative estimate of drug-likeness (QED) is 0.246. The van der Waals surface area contributed by atoms with Crippen LogP contribution in [-0.4, -0.2) is 33.1 Å². The molecule has 2 aromatic heterocycles. The Morgan fingerprint density at radius 2 is 2.16 bits per heavy atom. The van der Waals surface area contributed by atoms with E-state index in [0.29, 0.717) is 34.3 Å². The SMILES string of the molecule is C=CCO/N=C/c1ccc2c(c1)C(=O)c1nc3ccncc3c(=O)n1-2. The van der Waals surface area contributed by atoms with Gasteiger partial charge in [0.25, 0.3) is 5.56 Å². The topological polar surface area (TPSA) is 86.4 Å². The van der Waals surface area contributed by atoms with E-state index in [4.69, 9.17) is 4.84 Å². The van der Waals surface area contributed by atoms with Gasteiger partial charge in [-0.2, -0.15) is 0 Å². The Labute approximate surface area is 141 Å². The van der Waals surface area contributed by atoms with Crippen LogP contribution < -0.4 is 5.56 Å². The maximum Gasteiger partial charge on any atom is 0.267 e. The van der Waals surface area contributed by atoms with Gasteiger partial charge in [-0.3, -0.25) is 19.1 Å². The van der Waals surface area contributed by atoms with Crippen LogP contribution in [0.5, 0.6) is 0 Å². The van der Waals surface area contributed by atoms with Crippen LogP contribution in [0.2, 0.25) is 0 Å². The van der Waals surface area contributed by atoms with Gasteiger partial charge >= 0.3 is 0 Å². The van der Waals surface area contributed by atoms with E-state index in [1.54, 1.807) is 30.3 Å². The molecule has 25 heavy (non-hydrogen) atoms. The molecule has 0 saturated heterocycles. The minimum atomic E-state index is -0.309. The molecule has 1 aromatic carbocycles. The van der Waals surface area contributed by atoms with E-state index in [0.717, 1.165) is 0 Å². The fourth-order valence-electron chi connectivity index (χ4n) is 2.73. The maximum absolute atomic E-state index is 12.7. The molecule has 0 spiro atoms. The first kappa shape index (κ1) is 14.9. The fourth-order valence-corrected chi connectivity index (χ4v) is 2.73. The molecule has 0 bridgehead atoms. The Balaban J connectivity index is 1.84. The molecule has 1 aliphatic rings. The van der Waals surface area contributed by atoms with Gasteiger partial charge in [-0.1, -0.05) is 23.9 Å². The highest BCUT2D eigenvalue weighted by atomic mass is 16.6. The van der Waals surface area contributed by atoms with Gasteiger partial charge in [-0.25, -0.2) is 4.98 Å². The highest BCUT2D eigenvalue weighted by molar-refractivity contribution is 6.14. The predicted octanol–water partition coefficient (Wildman–Crippen LogP) is 1.86. The van der Waals surface area contributed by atoms with Crippen molar-refractivity contribution in [3.05, 3.63) is 76.6 Å². The third kappa shape index (κ3) is 2.33. The Bertz CT molecular complexity index is 1110. The average molecular weight is 332 g/mol. The van der Waals surface area contributed by atoms with Crippen molar-refractivity contribution in [1.82, 2.24) is 14.5 Å². The van der Waals surface area contributed by atoms with Gasteiger partial charge in [0.1, 0.15) is 6.61 Å². The van der Waals surface area contributed by atoms with Crippen molar-refractivity contribution in [2.75, 3.05) is 6.61 Å². The zero-order chi connectivity index (χ0) is 17.4. The number of ketones is 1. The molecule has 7 nitrogen and oxygen atoms in total. The number of aromatic nitrogens is 3. The van der Waals surface area contributed by atoms with Gasteiger partial charge in [0, 0.05) is 12.4 Å². The molecule has 0 unspecified atom stereocenters. The molecule has 1 aliphatic heterocycles. The van der Waals surface area contributed by atoms with E-state index >= 15 is 0 Å². The monoisotopic (exact) mass is 332 g/mol. The second-order valence-electron chi connectivity index (χ2n) is 5.39. The van der Waals surface area contributed by atoms with Crippen molar-refractivity contribution in [2.45, 2.75) is 0 Å². The van der Waals surface area contributed by atoms with Gasteiger partial charge in [0.05, 0.1) is 28.4 Å². The number of rotatable bonds is 4. The maximum atomic E-state index is 12.7. The molecule has 0 aliphatic carbocycles. The largest absolute Gasteiger partial charge is 0.392 e. The molecular formula is C18H12N4O3. The van der Waals surface area contributed by atoms with Crippen LogP contribution in [0.3, 0.4) is 0 Å². The fraction of sp³-hybridized carbons (Fsp3) is 0.0556. The molecular weight excluding hydrogens is 320 g/mol. The number of hydrogen-bond acceptors (Lipinski definition) is 6. The molecule has 0 fully saturated rings. The van der Waals surface area contributed by atoms with E-state index < -0.39 is 0 Å². The summed E-state index contributed by atoms with van der Waals surface area (Å²) in [6.45, 7) is 3.83. The number of nitrogens with zero attached hydrogens (tertiary/aromatic N) is 4. The van der Waals surface area contributed by atoms with E-state index in [-0.39, 0.29) is 17.2 Å². The number of fused-ring (bicyclic) bond motifs is 4. The van der Waals surface area contributed by atoms with Crippen molar-refractivity contribution in [1.29, 1.82) is 0 Å². The number of benzene rings is 1. The molecule has 4 rings (SSSR count). The van der Waals surface area contributed by atoms with Crippen molar-refractivity contribution in [3.63, 3.8) is 0 Å². The smallest absolute Gasteiger partial charge is 0.267 e. The molecule has 122 valence electrons. The van der Waals surface area contributed by atoms with E-state index in [1.165, 1.54) is 23.2 Å². The van der Waals surface area contributed by atoms with Gasteiger partial charge in [-0.15, -0.1) is 0 Å². The molecule has 7 heteroatoms. The van der Waals surface area contributed by atoms with E-state index in [9.17, 15) is 9.59 Å². The summed E-state index contributed by atoms with van der Waals surface area (Å²) >= 11 is 0. The molecule has 0 N–H and O–H groups in total. The lowest BCUT2D eigenvalue weighted by Gasteiger charge is -2.05. The highest BCUT2D eigenvalue weighted by Gasteiger charge is 2.30. The molecule has 0 amide bonds. The van der Waals surface area contributed by atoms with Crippen molar-refractivity contribution < 1.29 is 9.63 Å². The van der Waals surface area contributed by atoms with Crippen LogP contribution in [0, 0.1) is 0 Å². The lowest BCUT2D eigenvalue weighted by Crippen LogP contribution is -2.21. The summed E-state index contributed by atoms with van der Waals surface area (Å²) in [6, 6.07) is 6.73. The average Bonchev–Trinajstić information content (AvgIpc) is 2.91. The Kier molecular flexibility index (Phi) is 3.46. The number of hydrogen-bond donors (Lipinski definition) is 0. The van der Waals surface area contributed by atoms with Crippen LogP contribution in [0.1, 0.15) is 21.7 Å². The third-order valence-corrected chi connectivity index (χ3v) is 3.85. The lowest BCUT2D eigenvalue weighted by atomic mass is 10.1. The van der Waals surface area contributed by atoms with Gasteiger partial charge in [-0.05, 0) is 23.8 Å². The van der Waals surface area contributed by atoms with Crippen molar-refractivity contribution in [2.24, 2.45) is 5.16 Å². The summed E-state index contributed by atoms with van der Waals surface area (Å²) < 4.78 is 1.33. The first-order valence-corrected chi connectivity index (χ1v) is 7.53. The van der Waals surface area contributed by atoms with Crippen molar-refractivity contribution >= 4 is 22.9 Å². The minimum absolute atomic E-state index is 0.107. The highest BCUT2D eigenvalue weighted by Crippen LogP contribution is 2.26. The van der Waals surface area contributed by atoms with E-state index in [2.05, 4.69) is 21.7 Å². The summed E-state index contributed by atoms with van der Waals surface area (Å²) in [6.07, 6.45) is 6.07. The first-order valence-electron chi connectivity index (χ1n) is 7.53. The zero-order valence-electron chi connectivity index (χ0n) is 13.0. The Morgan fingerprint density at radius 1 is 1.28 bits per heavy atom. The molecule has 0 atom stereocenters. The Hall–Kier alpha value is -3.61. The second-order valence-corrected chi connectivity index (χ2v) is 5.39. The Morgan fingerprint density at radius 3 is 3.00 bits per heavy atom. The van der Waals surface area contributed by atoms with Gasteiger partial charge in [0.2, 0.25) is 5.78 Å². The van der Waals surface area contributed by atoms with Crippen LogP contribution in [0.4, 0.5) is 0 Å². The standard InChI is InChI=1S/C18H12N4O3/c1-2-7-25-20-9-11-3-4-15-12(8-11)16(23)17-21-14-5-6-19-10-13(14)18(24)22(15)17/h2-6,8-10H,1,7H2/b20-9+. The number of pyridine rings is 1. The molecule has 0 radical (unpaired) electrons. The summed E-state index contributed by atoms with van der Waals surface area (Å²) in [4.78, 5) is 38.7. The van der Waals surface area contributed by atoms with Gasteiger partial charge < -0.3 is 4.84 Å². The van der Waals surface area contributed by atoms with Crippen LogP contribution in [0.15, 0.2) is 59.3 Å². The number of carbonyl (C=O) groups excluding carboxylic acids is 1. The van der Waals surface area contributed by atoms with Crippen LogP contribution in [0.25, 0.3) is 16.6 Å². The van der Waals surface area contributed by atoms with E-state index in [1.807, 2.05) is 0 Å². The molecule has 3 heterocycles. The third-order valence-electron chi connectivity index (χ3n) is 3.85. The van der Waals surface area contributed by atoms with Gasteiger partial charge in [0.15, 0.2) is 5.82 Å². The number of carbonyl (C=O) groups is 1. The predicted molar refractivity (Wildman–Crippen MR) is 92.3 cm³/mol. The summed E-state index contributed by atoms with van der Waals surface area (Å²) in [7, 11) is 0. The zero-order valence-corrected chi connectivity index (χ0v) is 13.0. The first-order chi connectivity index (χ1) is 12.2. The molecule has 3 aromatic rings. The van der Waals surface area contributed by atoms with Crippen LogP contribution >= 0.6 is 0 Å². The normalized spacial score (nSPS) is 12.4. The summed E-state index contributed by atoms with van der Waals surface area (Å²) in [5.74, 6) is -0.191. The van der Waals surface area contributed by atoms with Crippen molar-refractivity contribution in [3.8, 4) is 5.69 Å². The summed E-state index contributed by atoms with van der Waals surface area (Å²) in [5.41, 5.74) is 1.74. The number of oxime groups is 1. The summed E-state index contributed by atoms with van der Waals surface area (Å²) in [5, 5.41) is 4.16. The second kappa shape index (κ2) is 5.79. The lowest BCUT2D eigenvalue weighted by molar-refractivity contribution is 0.103. The van der Waals surface area contributed by atoms with Crippen LogP contribution in [-0.2, 0) is 4.84 Å². The minimum Gasteiger partial charge on any atom is -0.392 e. The molecule has 0 saturated carbocycles.